The Morgan fingerprint density at radius 3 is 2.74 bits per heavy atom. The Bertz CT molecular complexity index is 481. The van der Waals surface area contributed by atoms with Crippen molar-refractivity contribution in [1.29, 1.82) is 5.26 Å². The molecule has 1 aliphatic rings. The molecule has 0 radical (unpaired) electrons. The lowest BCUT2D eigenvalue weighted by Gasteiger charge is -2.33. The number of hydrogen-bond acceptors (Lipinski definition) is 2. The zero-order valence-corrected chi connectivity index (χ0v) is 12.5. The Labute approximate surface area is 116 Å². The molecule has 19 heavy (non-hydrogen) atoms. The van der Waals surface area contributed by atoms with Crippen LogP contribution in [0, 0.1) is 30.1 Å². The Hall–Kier alpha value is -1.27. The van der Waals surface area contributed by atoms with Gasteiger partial charge in [-0.2, -0.15) is 5.26 Å². The molecule has 0 aliphatic heterocycles. The Balaban J connectivity index is 1.98. The molecule has 0 spiro atoms. The molecular weight excluding hydrogens is 234 g/mol. The molecule has 104 valence electrons. The molecule has 1 fully saturated rings. The van der Waals surface area contributed by atoms with E-state index in [1.54, 1.807) is 0 Å². The first-order valence-electron chi connectivity index (χ1n) is 7.31. The van der Waals surface area contributed by atoms with Crippen LogP contribution >= 0.6 is 0 Å². The fraction of sp³-hybridized carbons (Fsp3) is 0.688. The summed E-state index contributed by atoms with van der Waals surface area (Å²) in [6.45, 7) is 7.67. The van der Waals surface area contributed by atoms with Crippen molar-refractivity contribution in [3.63, 3.8) is 0 Å². The second kappa shape index (κ2) is 5.79. The van der Waals surface area contributed by atoms with Crippen molar-refractivity contribution in [2.24, 2.45) is 18.9 Å². The lowest BCUT2D eigenvalue weighted by Crippen LogP contribution is -2.38. The summed E-state index contributed by atoms with van der Waals surface area (Å²) in [7, 11) is 1.96. The van der Waals surface area contributed by atoms with Gasteiger partial charge in [-0.3, -0.25) is 0 Å². The summed E-state index contributed by atoms with van der Waals surface area (Å²) >= 11 is 0. The van der Waals surface area contributed by atoms with Crippen LogP contribution in [0.5, 0.6) is 0 Å². The fourth-order valence-corrected chi connectivity index (χ4v) is 3.26. The third-order valence-electron chi connectivity index (χ3n) is 4.74. The Morgan fingerprint density at radius 2 is 2.16 bits per heavy atom. The predicted molar refractivity (Wildman–Crippen MR) is 77.7 cm³/mol. The quantitative estimate of drug-likeness (QED) is 0.906. The molecule has 3 unspecified atom stereocenters. The number of aromatic nitrogens is 1. The molecule has 1 heterocycles. The lowest BCUT2D eigenvalue weighted by atomic mass is 9.80. The summed E-state index contributed by atoms with van der Waals surface area (Å²) in [5, 5.41) is 12.7. The molecule has 3 nitrogen and oxygen atoms in total. The number of nitrogens with one attached hydrogen (secondary N) is 1. The third kappa shape index (κ3) is 3.01. The van der Waals surface area contributed by atoms with Crippen molar-refractivity contribution in [3.05, 3.63) is 23.0 Å². The van der Waals surface area contributed by atoms with E-state index in [2.05, 4.69) is 32.2 Å². The van der Waals surface area contributed by atoms with E-state index in [9.17, 15) is 0 Å². The van der Waals surface area contributed by atoms with Gasteiger partial charge >= 0.3 is 0 Å². The van der Waals surface area contributed by atoms with Crippen molar-refractivity contribution < 1.29 is 0 Å². The maximum atomic E-state index is 9.05. The van der Waals surface area contributed by atoms with Crippen LogP contribution in [0.1, 0.15) is 50.1 Å². The van der Waals surface area contributed by atoms with Gasteiger partial charge in [-0.05, 0) is 49.7 Å². The van der Waals surface area contributed by atoms with Crippen molar-refractivity contribution >= 4 is 0 Å². The average molecular weight is 259 g/mol. The Morgan fingerprint density at radius 1 is 1.42 bits per heavy atom. The zero-order valence-electron chi connectivity index (χ0n) is 12.5. The van der Waals surface area contributed by atoms with Crippen LogP contribution in [0.15, 0.2) is 6.07 Å². The molecule has 0 amide bonds. The maximum Gasteiger partial charge on any atom is 0.120 e. The highest BCUT2D eigenvalue weighted by atomic mass is 15.0. The van der Waals surface area contributed by atoms with Gasteiger partial charge in [-0.1, -0.05) is 13.8 Å². The second-order valence-corrected chi connectivity index (χ2v) is 6.19. The standard InChI is InChI=1S/C16H25N3/c1-11-5-6-16(12(2)7-11)18-10-14-8-15(9-17)19(4)13(14)3/h8,11-12,16,18H,5-7,10H2,1-4H3. The van der Waals surface area contributed by atoms with E-state index in [0.29, 0.717) is 6.04 Å². The number of rotatable bonds is 3. The molecule has 1 saturated carbocycles. The highest BCUT2D eigenvalue weighted by molar-refractivity contribution is 5.34. The number of nitrogens with zero attached hydrogens (tertiary/aromatic N) is 2. The van der Waals surface area contributed by atoms with Crippen LogP contribution in [0.4, 0.5) is 0 Å². The molecule has 1 aromatic rings. The van der Waals surface area contributed by atoms with Crippen molar-refractivity contribution in [1.82, 2.24) is 9.88 Å². The topological polar surface area (TPSA) is 40.8 Å². The van der Waals surface area contributed by atoms with Crippen LogP contribution in [-0.2, 0) is 13.6 Å². The minimum Gasteiger partial charge on any atom is -0.340 e. The van der Waals surface area contributed by atoms with Gasteiger partial charge in [-0.15, -0.1) is 0 Å². The normalized spacial score (nSPS) is 27.2. The monoisotopic (exact) mass is 259 g/mol. The summed E-state index contributed by atoms with van der Waals surface area (Å²) in [4.78, 5) is 0. The van der Waals surface area contributed by atoms with Crippen molar-refractivity contribution in [3.8, 4) is 6.07 Å². The molecule has 1 aromatic heterocycles. The van der Waals surface area contributed by atoms with Crippen molar-refractivity contribution in [2.75, 3.05) is 0 Å². The SMILES string of the molecule is Cc1c(CNC2CCC(C)CC2C)cc(C#N)n1C. The summed E-state index contributed by atoms with van der Waals surface area (Å²) < 4.78 is 1.98. The minimum absolute atomic E-state index is 0.626. The molecule has 2 rings (SSSR count). The molecule has 3 atom stereocenters. The van der Waals surface area contributed by atoms with Gasteiger partial charge in [0.05, 0.1) is 0 Å². The third-order valence-corrected chi connectivity index (χ3v) is 4.74. The van der Waals surface area contributed by atoms with Gasteiger partial charge in [0.2, 0.25) is 0 Å². The smallest absolute Gasteiger partial charge is 0.120 e. The van der Waals surface area contributed by atoms with Crippen LogP contribution in [0.25, 0.3) is 0 Å². The van der Waals surface area contributed by atoms with E-state index < -0.39 is 0 Å². The van der Waals surface area contributed by atoms with E-state index in [1.165, 1.54) is 30.5 Å². The molecule has 0 bridgehead atoms. The average Bonchev–Trinajstić information content (AvgIpc) is 2.65. The predicted octanol–water partition coefficient (Wildman–Crippen LogP) is 3.12. The number of hydrogen-bond donors (Lipinski definition) is 1. The summed E-state index contributed by atoms with van der Waals surface area (Å²) in [6, 6.07) is 4.88. The summed E-state index contributed by atoms with van der Waals surface area (Å²) in [6.07, 6.45) is 3.94. The largest absolute Gasteiger partial charge is 0.340 e. The van der Waals surface area contributed by atoms with Gasteiger partial charge in [0.25, 0.3) is 0 Å². The highest BCUT2D eigenvalue weighted by Gasteiger charge is 2.25. The molecule has 3 heteroatoms. The fourth-order valence-electron chi connectivity index (χ4n) is 3.26. The van der Waals surface area contributed by atoms with E-state index in [1.807, 2.05) is 17.7 Å². The van der Waals surface area contributed by atoms with E-state index in [-0.39, 0.29) is 0 Å². The number of nitriles is 1. The highest BCUT2D eigenvalue weighted by Crippen LogP contribution is 2.29. The summed E-state index contributed by atoms with van der Waals surface area (Å²) in [5.74, 6) is 1.62. The van der Waals surface area contributed by atoms with Gasteiger partial charge in [0, 0.05) is 25.3 Å². The molecule has 1 aliphatic carbocycles. The van der Waals surface area contributed by atoms with Gasteiger partial charge in [0.15, 0.2) is 0 Å². The van der Waals surface area contributed by atoms with Crippen LogP contribution in [0.3, 0.4) is 0 Å². The van der Waals surface area contributed by atoms with Gasteiger partial charge in [0.1, 0.15) is 11.8 Å². The van der Waals surface area contributed by atoms with E-state index in [0.717, 1.165) is 24.1 Å². The Kier molecular flexibility index (Phi) is 4.31. The second-order valence-electron chi connectivity index (χ2n) is 6.19. The molecule has 0 aromatic carbocycles. The first-order chi connectivity index (χ1) is 9.02. The zero-order chi connectivity index (χ0) is 14.0. The van der Waals surface area contributed by atoms with E-state index >= 15 is 0 Å². The van der Waals surface area contributed by atoms with Crippen LogP contribution in [-0.4, -0.2) is 10.6 Å². The molecule has 0 saturated heterocycles. The van der Waals surface area contributed by atoms with Crippen LogP contribution in [0.2, 0.25) is 0 Å². The first kappa shape index (κ1) is 14.1. The van der Waals surface area contributed by atoms with E-state index in [4.69, 9.17) is 5.26 Å². The van der Waals surface area contributed by atoms with Crippen LogP contribution < -0.4 is 5.32 Å². The van der Waals surface area contributed by atoms with Gasteiger partial charge < -0.3 is 9.88 Å². The van der Waals surface area contributed by atoms with Crippen molar-refractivity contribution in [2.45, 2.75) is 52.6 Å². The van der Waals surface area contributed by atoms with Gasteiger partial charge in [-0.25, -0.2) is 0 Å². The molecule has 1 N–H and O–H groups in total. The first-order valence-corrected chi connectivity index (χ1v) is 7.31. The lowest BCUT2D eigenvalue weighted by molar-refractivity contribution is 0.227. The maximum absolute atomic E-state index is 9.05. The minimum atomic E-state index is 0.626. The summed E-state index contributed by atoms with van der Waals surface area (Å²) in [5.41, 5.74) is 3.20. The molecular formula is C16H25N3.